The smallest absolute Gasteiger partial charge is 0.410 e. The van der Waals surface area contributed by atoms with Crippen LogP contribution in [0.15, 0.2) is 97.1 Å². The third-order valence-corrected chi connectivity index (χ3v) is 6.05. The molecule has 0 saturated carbocycles. The van der Waals surface area contributed by atoms with Gasteiger partial charge in [-0.15, -0.1) is 0 Å². The van der Waals surface area contributed by atoms with E-state index in [4.69, 9.17) is 19.2 Å². The van der Waals surface area contributed by atoms with E-state index in [1.54, 1.807) is 24.3 Å². The molecule has 12 heteroatoms. The van der Waals surface area contributed by atoms with E-state index in [9.17, 15) is 28.8 Å². The summed E-state index contributed by atoms with van der Waals surface area (Å²) in [5.74, 6) is -3.79. The largest absolute Gasteiger partial charge is 0.412 e. The fourth-order valence-corrected chi connectivity index (χ4v) is 3.96. The van der Waals surface area contributed by atoms with E-state index in [0.717, 1.165) is 0 Å². The third-order valence-electron chi connectivity index (χ3n) is 6.05. The summed E-state index contributed by atoms with van der Waals surface area (Å²) in [4.78, 5) is 85.8. The Morgan fingerprint density at radius 1 is 0.432 bits per heavy atom. The molecule has 0 saturated heterocycles. The number of hydrogen-bond donors (Lipinski definition) is 2. The van der Waals surface area contributed by atoms with Gasteiger partial charge in [-0.1, -0.05) is 60.7 Å². The number of amides is 2. The zero-order valence-corrected chi connectivity index (χ0v) is 23.3. The molecule has 0 unspecified atom stereocenters. The van der Waals surface area contributed by atoms with Crippen molar-refractivity contribution < 1.29 is 48.0 Å². The zero-order valence-electron chi connectivity index (χ0n) is 23.3. The minimum atomic E-state index is -1.18. The predicted octanol–water partition coefficient (Wildman–Crippen LogP) is 4.51. The standard InChI is InChI=1S/C32H24N2O10/c1-33-31(39)41-25-17-9-7-15-23(25)27(35)19-11-3-5-13-21(19)29(37)43-44-30(38)22-14-6-4-12-20(22)28(36)24-16-8-10-18-26(24)42-32(40)34-2/h3-18H,1-2H3,(H,33,39)(H,34,40). The van der Waals surface area contributed by atoms with E-state index in [1.165, 1.54) is 86.9 Å². The molecule has 4 aromatic rings. The van der Waals surface area contributed by atoms with Gasteiger partial charge in [0, 0.05) is 25.2 Å². The summed E-state index contributed by atoms with van der Waals surface area (Å²) in [6.07, 6.45) is -1.60. The number of hydrogen-bond acceptors (Lipinski definition) is 10. The average Bonchev–Trinajstić information content (AvgIpc) is 3.06. The van der Waals surface area contributed by atoms with Crippen molar-refractivity contribution in [1.82, 2.24) is 10.6 Å². The van der Waals surface area contributed by atoms with Crippen molar-refractivity contribution >= 4 is 35.7 Å². The first-order valence-electron chi connectivity index (χ1n) is 12.9. The van der Waals surface area contributed by atoms with Crippen LogP contribution in [0, 0.1) is 0 Å². The van der Waals surface area contributed by atoms with Gasteiger partial charge < -0.3 is 20.1 Å². The first-order chi connectivity index (χ1) is 21.2. The second kappa shape index (κ2) is 14.0. The molecular weight excluding hydrogens is 572 g/mol. The normalized spacial score (nSPS) is 10.1. The maximum atomic E-state index is 13.4. The Morgan fingerprint density at radius 3 is 1.07 bits per heavy atom. The molecule has 0 aliphatic heterocycles. The molecule has 0 bridgehead atoms. The van der Waals surface area contributed by atoms with Crippen LogP contribution in [0.5, 0.6) is 11.5 Å². The average molecular weight is 597 g/mol. The van der Waals surface area contributed by atoms with Gasteiger partial charge in [0.05, 0.1) is 22.3 Å². The molecule has 0 heterocycles. The van der Waals surface area contributed by atoms with Crippen LogP contribution in [0.2, 0.25) is 0 Å². The van der Waals surface area contributed by atoms with Crippen molar-refractivity contribution in [3.8, 4) is 11.5 Å². The maximum absolute atomic E-state index is 13.4. The Kier molecular flexibility index (Phi) is 9.79. The first-order valence-corrected chi connectivity index (χ1v) is 12.9. The predicted molar refractivity (Wildman–Crippen MR) is 154 cm³/mol. The Morgan fingerprint density at radius 2 is 0.727 bits per heavy atom. The van der Waals surface area contributed by atoms with Gasteiger partial charge in [-0.05, 0) is 36.4 Å². The lowest BCUT2D eigenvalue weighted by Gasteiger charge is -2.12. The van der Waals surface area contributed by atoms with Gasteiger partial charge in [0.25, 0.3) is 0 Å². The minimum absolute atomic E-state index is 0.0125. The van der Waals surface area contributed by atoms with Crippen LogP contribution in [0.1, 0.15) is 52.6 Å². The van der Waals surface area contributed by atoms with Crippen molar-refractivity contribution in [2.45, 2.75) is 0 Å². The number of ketones is 2. The Labute approximate surface area is 250 Å². The van der Waals surface area contributed by atoms with Gasteiger partial charge in [0.15, 0.2) is 11.6 Å². The molecule has 0 fully saturated rings. The van der Waals surface area contributed by atoms with Crippen LogP contribution in [-0.4, -0.2) is 49.8 Å². The monoisotopic (exact) mass is 596 g/mol. The molecular formula is C32H24N2O10. The third kappa shape index (κ3) is 6.94. The SMILES string of the molecule is CNC(=O)Oc1ccccc1C(=O)c1ccccc1C(=O)OOC(=O)c1ccccc1C(=O)c1ccccc1OC(=O)NC. The summed E-state index contributed by atoms with van der Waals surface area (Å²) in [7, 11) is 2.71. The summed E-state index contributed by atoms with van der Waals surface area (Å²) < 4.78 is 10.3. The van der Waals surface area contributed by atoms with Crippen LogP contribution in [-0.2, 0) is 9.78 Å². The molecule has 0 radical (unpaired) electrons. The molecule has 0 aromatic heterocycles. The number of rotatable bonds is 8. The van der Waals surface area contributed by atoms with Crippen molar-refractivity contribution in [2.75, 3.05) is 14.1 Å². The van der Waals surface area contributed by atoms with Crippen molar-refractivity contribution in [3.05, 3.63) is 130 Å². The lowest BCUT2D eigenvalue weighted by atomic mass is 9.97. The highest BCUT2D eigenvalue weighted by Crippen LogP contribution is 2.26. The second-order valence-corrected chi connectivity index (χ2v) is 8.76. The van der Waals surface area contributed by atoms with Gasteiger partial charge >= 0.3 is 24.1 Å². The molecule has 44 heavy (non-hydrogen) atoms. The molecule has 12 nitrogen and oxygen atoms in total. The van der Waals surface area contributed by atoms with E-state index in [1.807, 2.05) is 0 Å². The Hall–Kier alpha value is -6.30. The molecule has 0 aliphatic rings. The van der Waals surface area contributed by atoms with Crippen LogP contribution >= 0.6 is 0 Å². The summed E-state index contributed by atoms with van der Waals surface area (Å²) in [6, 6.07) is 23.1. The van der Waals surface area contributed by atoms with Crippen LogP contribution in [0.25, 0.3) is 0 Å². The summed E-state index contributed by atoms with van der Waals surface area (Å²) in [5.41, 5.74) is -0.757. The first kappa shape index (κ1) is 30.7. The van der Waals surface area contributed by atoms with Gasteiger partial charge in [-0.25, -0.2) is 29.0 Å². The van der Waals surface area contributed by atoms with E-state index in [-0.39, 0.29) is 44.9 Å². The quantitative estimate of drug-likeness (QED) is 0.168. The van der Waals surface area contributed by atoms with Gasteiger partial charge in [-0.3, -0.25) is 9.59 Å². The van der Waals surface area contributed by atoms with Gasteiger partial charge in [-0.2, -0.15) is 0 Å². The van der Waals surface area contributed by atoms with E-state index < -0.39 is 35.7 Å². The fourth-order valence-electron chi connectivity index (χ4n) is 3.96. The maximum Gasteiger partial charge on any atom is 0.412 e. The molecule has 0 aliphatic carbocycles. The summed E-state index contributed by atoms with van der Waals surface area (Å²) in [6.45, 7) is 0. The van der Waals surface area contributed by atoms with Crippen molar-refractivity contribution in [2.24, 2.45) is 0 Å². The highest BCUT2D eigenvalue weighted by atomic mass is 17.2. The highest BCUT2D eigenvalue weighted by molar-refractivity contribution is 6.17. The number of carbonyl (C=O) groups is 6. The van der Waals surface area contributed by atoms with E-state index in [2.05, 4.69) is 10.6 Å². The molecule has 4 rings (SSSR count). The molecule has 222 valence electrons. The Bertz CT molecular complexity index is 1640. The molecule has 4 aromatic carbocycles. The lowest BCUT2D eigenvalue weighted by molar-refractivity contribution is -0.187. The molecule has 0 atom stereocenters. The number of ether oxygens (including phenoxy) is 2. The number of nitrogens with one attached hydrogen (secondary N) is 2. The second-order valence-electron chi connectivity index (χ2n) is 8.76. The zero-order chi connectivity index (χ0) is 31.6. The van der Waals surface area contributed by atoms with E-state index in [0.29, 0.717) is 0 Å². The lowest BCUT2D eigenvalue weighted by Crippen LogP contribution is -2.23. The van der Waals surface area contributed by atoms with Gasteiger partial charge in [0.2, 0.25) is 0 Å². The fraction of sp³-hybridized carbons (Fsp3) is 0.0625. The minimum Gasteiger partial charge on any atom is -0.410 e. The molecule has 2 amide bonds. The van der Waals surface area contributed by atoms with Gasteiger partial charge in [0.1, 0.15) is 11.5 Å². The van der Waals surface area contributed by atoms with E-state index >= 15 is 0 Å². The number of carbonyl (C=O) groups excluding carboxylic acids is 6. The number of para-hydroxylation sites is 2. The van der Waals surface area contributed by atoms with Crippen LogP contribution in [0.3, 0.4) is 0 Å². The number of benzene rings is 4. The van der Waals surface area contributed by atoms with Crippen molar-refractivity contribution in [3.63, 3.8) is 0 Å². The van der Waals surface area contributed by atoms with Crippen LogP contribution in [0.4, 0.5) is 9.59 Å². The summed E-state index contributed by atoms with van der Waals surface area (Å²) >= 11 is 0. The van der Waals surface area contributed by atoms with Crippen molar-refractivity contribution in [1.29, 1.82) is 0 Å². The molecule has 0 spiro atoms. The highest BCUT2D eigenvalue weighted by Gasteiger charge is 2.26. The topological polar surface area (TPSA) is 163 Å². The van der Waals surface area contributed by atoms with Crippen LogP contribution < -0.4 is 20.1 Å². The summed E-state index contributed by atoms with van der Waals surface area (Å²) in [5, 5.41) is 4.57. The Balaban J connectivity index is 1.55. The molecule has 2 N–H and O–H groups in total.